The molecule has 0 unspecified atom stereocenters. The predicted octanol–water partition coefficient (Wildman–Crippen LogP) is 3.52. The van der Waals surface area contributed by atoms with Crippen LogP contribution in [0.15, 0.2) is 42.5 Å². The summed E-state index contributed by atoms with van der Waals surface area (Å²) in [6.45, 7) is 0. The van der Waals surface area contributed by atoms with E-state index in [0.29, 0.717) is 17.9 Å². The second kappa shape index (κ2) is 5.11. The monoisotopic (exact) mass is 247 g/mol. The SMILES string of the molecule is COc1cccc(Cc2ccccc2Cl)c1N. The summed E-state index contributed by atoms with van der Waals surface area (Å²) in [6, 6.07) is 13.5. The first-order valence-electron chi connectivity index (χ1n) is 5.37. The maximum atomic E-state index is 6.13. The van der Waals surface area contributed by atoms with Crippen LogP contribution in [0.25, 0.3) is 0 Å². The number of hydrogen-bond donors (Lipinski definition) is 1. The zero-order valence-corrected chi connectivity index (χ0v) is 10.4. The Morgan fingerprint density at radius 2 is 1.76 bits per heavy atom. The minimum atomic E-state index is 0.676. The van der Waals surface area contributed by atoms with E-state index in [2.05, 4.69) is 0 Å². The highest BCUT2D eigenvalue weighted by Crippen LogP contribution is 2.28. The van der Waals surface area contributed by atoms with Gasteiger partial charge in [-0.3, -0.25) is 0 Å². The van der Waals surface area contributed by atoms with Crippen LogP contribution in [0, 0.1) is 0 Å². The quantitative estimate of drug-likeness (QED) is 0.843. The first-order valence-corrected chi connectivity index (χ1v) is 5.75. The smallest absolute Gasteiger partial charge is 0.142 e. The highest BCUT2D eigenvalue weighted by Gasteiger charge is 2.07. The third-order valence-corrected chi connectivity index (χ3v) is 3.08. The van der Waals surface area contributed by atoms with Crippen molar-refractivity contribution in [1.29, 1.82) is 0 Å². The molecule has 0 heterocycles. The Balaban J connectivity index is 2.34. The number of methoxy groups -OCH3 is 1. The van der Waals surface area contributed by atoms with E-state index in [1.807, 2.05) is 42.5 Å². The van der Waals surface area contributed by atoms with Crippen molar-refractivity contribution in [2.45, 2.75) is 6.42 Å². The Bertz CT molecular complexity index is 525. The van der Waals surface area contributed by atoms with E-state index in [0.717, 1.165) is 16.1 Å². The van der Waals surface area contributed by atoms with Gasteiger partial charge in [-0.15, -0.1) is 0 Å². The molecule has 0 saturated carbocycles. The highest BCUT2D eigenvalue weighted by molar-refractivity contribution is 6.31. The zero-order chi connectivity index (χ0) is 12.3. The van der Waals surface area contributed by atoms with E-state index in [4.69, 9.17) is 22.1 Å². The molecule has 0 radical (unpaired) electrons. The number of hydrogen-bond acceptors (Lipinski definition) is 2. The van der Waals surface area contributed by atoms with Gasteiger partial charge in [0.15, 0.2) is 0 Å². The molecule has 2 rings (SSSR count). The molecule has 0 aromatic heterocycles. The standard InChI is InChI=1S/C14H14ClNO/c1-17-13-8-4-6-11(14(13)16)9-10-5-2-3-7-12(10)15/h2-8H,9,16H2,1H3. The summed E-state index contributed by atoms with van der Waals surface area (Å²) >= 11 is 6.13. The first kappa shape index (κ1) is 11.8. The molecule has 2 N–H and O–H groups in total. The average molecular weight is 248 g/mol. The lowest BCUT2D eigenvalue weighted by Gasteiger charge is -2.10. The van der Waals surface area contributed by atoms with Gasteiger partial charge >= 0.3 is 0 Å². The van der Waals surface area contributed by atoms with Crippen LogP contribution in [0.2, 0.25) is 5.02 Å². The van der Waals surface area contributed by atoms with E-state index in [-0.39, 0.29) is 0 Å². The van der Waals surface area contributed by atoms with Gasteiger partial charge < -0.3 is 10.5 Å². The van der Waals surface area contributed by atoms with Crippen molar-refractivity contribution >= 4 is 17.3 Å². The number of nitrogen functional groups attached to an aromatic ring is 1. The van der Waals surface area contributed by atoms with E-state index in [9.17, 15) is 0 Å². The van der Waals surface area contributed by atoms with E-state index in [1.54, 1.807) is 7.11 Å². The Labute approximate surface area is 106 Å². The molecule has 2 aromatic carbocycles. The Morgan fingerprint density at radius 3 is 2.47 bits per heavy atom. The van der Waals surface area contributed by atoms with Crippen LogP contribution in [-0.4, -0.2) is 7.11 Å². The Hall–Kier alpha value is -1.67. The molecule has 0 aliphatic rings. The van der Waals surface area contributed by atoms with Gasteiger partial charge in [-0.05, 0) is 23.3 Å². The normalized spacial score (nSPS) is 10.2. The minimum absolute atomic E-state index is 0.676. The van der Waals surface area contributed by atoms with Crippen LogP contribution in [0.3, 0.4) is 0 Å². The van der Waals surface area contributed by atoms with Crippen LogP contribution in [0.1, 0.15) is 11.1 Å². The summed E-state index contributed by atoms with van der Waals surface area (Å²) < 4.78 is 5.20. The molecule has 0 saturated heterocycles. The molecule has 0 fully saturated rings. The van der Waals surface area contributed by atoms with Gasteiger partial charge in [0.05, 0.1) is 12.8 Å². The second-order valence-corrected chi connectivity index (χ2v) is 4.21. The molecule has 0 aliphatic heterocycles. The van der Waals surface area contributed by atoms with Gasteiger partial charge in [-0.2, -0.15) is 0 Å². The topological polar surface area (TPSA) is 35.2 Å². The van der Waals surface area contributed by atoms with E-state index >= 15 is 0 Å². The number of halogens is 1. The third kappa shape index (κ3) is 2.53. The summed E-state index contributed by atoms with van der Waals surface area (Å²) in [7, 11) is 1.62. The lowest BCUT2D eigenvalue weighted by Crippen LogP contribution is -1.99. The van der Waals surface area contributed by atoms with Crippen LogP contribution < -0.4 is 10.5 Å². The summed E-state index contributed by atoms with van der Waals surface area (Å²) in [6.07, 6.45) is 0.711. The molecule has 17 heavy (non-hydrogen) atoms. The number of rotatable bonds is 3. The molecule has 0 atom stereocenters. The fourth-order valence-electron chi connectivity index (χ4n) is 1.77. The molecule has 2 aromatic rings. The largest absolute Gasteiger partial charge is 0.495 e. The van der Waals surface area contributed by atoms with Crippen molar-refractivity contribution in [1.82, 2.24) is 0 Å². The number of para-hydroxylation sites is 1. The number of nitrogens with two attached hydrogens (primary N) is 1. The van der Waals surface area contributed by atoms with Gasteiger partial charge in [-0.25, -0.2) is 0 Å². The zero-order valence-electron chi connectivity index (χ0n) is 9.61. The molecular weight excluding hydrogens is 234 g/mol. The minimum Gasteiger partial charge on any atom is -0.495 e. The summed E-state index contributed by atoms with van der Waals surface area (Å²) in [5.74, 6) is 0.703. The highest BCUT2D eigenvalue weighted by atomic mass is 35.5. The predicted molar refractivity (Wildman–Crippen MR) is 71.7 cm³/mol. The number of anilines is 1. The molecule has 2 nitrogen and oxygen atoms in total. The summed E-state index contributed by atoms with van der Waals surface area (Å²) in [4.78, 5) is 0. The van der Waals surface area contributed by atoms with Crippen molar-refractivity contribution in [3.8, 4) is 5.75 Å². The van der Waals surface area contributed by atoms with Crippen molar-refractivity contribution in [3.05, 3.63) is 58.6 Å². The first-order chi connectivity index (χ1) is 8.22. The molecular formula is C14H14ClNO. The summed E-state index contributed by atoms with van der Waals surface area (Å²) in [5, 5.41) is 0.759. The fourth-order valence-corrected chi connectivity index (χ4v) is 1.97. The lowest BCUT2D eigenvalue weighted by atomic mass is 10.0. The maximum absolute atomic E-state index is 6.13. The van der Waals surface area contributed by atoms with Gasteiger partial charge in [0.2, 0.25) is 0 Å². The number of benzene rings is 2. The molecule has 88 valence electrons. The molecule has 3 heteroatoms. The fraction of sp³-hybridized carbons (Fsp3) is 0.143. The van der Waals surface area contributed by atoms with Crippen LogP contribution in [0.5, 0.6) is 5.75 Å². The molecule has 0 aliphatic carbocycles. The molecule has 0 spiro atoms. The Morgan fingerprint density at radius 1 is 1.06 bits per heavy atom. The molecule has 0 bridgehead atoms. The number of ether oxygens (including phenoxy) is 1. The average Bonchev–Trinajstić information content (AvgIpc) is 2.34. The van der Waals surface area contributed by atoms with Crippen molar-refractivity contribution in [2.24, 2.45) is 0 Å². The molecule has 0 amide bonds. The Kier molecular flexibility index (Phi) is 3.55. The van der Waals surface area contributed by atoms with Gasteiger partial charge in [0, 0.05) is 11.4 Å². The van der Waals surface area contributed by atoms with E-state index < -0.39 is 0 Å². The van der Waals surface area contributed by atoms with Gasteiger partial charge in [-0.1, -0.05) is 41.9 Å². The lowest BCUT2D eigenvalue weighted by molar-refractivity contribution is 0.416. The van der Waals surface area contributed by atoms with Crippen LogP contribution in [-0.2, 0) is 6.42 Å². The van der Waals surface area contributed by atoms with Gasteiger partial charge in [0.1, 0.15) is 5.75 Å². The second-order valence-electron chi connectivity index (χ2n) is 3.80. The van der Waals surface area contributed by atoms with Crippen molar-refractivity contribution < 1.29 is 4.74 Å². The van der Waals surface area contributed by atoms with Crippen LogP contribution in [0.4, 0.5) is 5.69 Å². The third-order valence-electron chi connectivity index (χ3n) is 2.72. The van der Waals surface area contributed by atoms with Gasteiger partial charge in [0.25, 0.3) is 0 Å². The van der Waals surface area contributed by atoms with Crippen molar-refractivity contribution in [3.63, 3.8) is 0 Å². The maximum Gasteiger partial charge on any atom is 0.142 e. The van der Waals surface area contributed by atoms with Crippen LogP contribution >= 0.6 is 11.6 Å². The van der Waals surface area contributed by atoms with E-state index in [1.165, 1.54) is 0 Å². The summed E-state index contributed by atoms with van der Waals surface area (Å²) in [5.41, 5.74) is 8.79. The van der Waals surface area contributed by atoms with Crippen molar-refractivity contribution in [2.75, 3.05) is 12.8 Å².